The molecule has 1 heterocycles. The summed E-state index contributed by atoms with van der Waals surface area (Å²) in [5, 5.41) is 0. The second kappa shape index (κ2) is 8.08. The number of carbonyl (C=O) groups is 1. The molecule has 0 spiro atoms. The van der Waals surface area contributed by atoms with E-state index < -0.39 is 22.0 Å². The third-order valence-corrected chi connectivity index (χ3v) is 6.38. The minimum atomic E-state index is -3.15. The minimum Gasteiger partial charge on any atom is -0.445 e. The highest BCUT2D eigenvalue weighted by atomic mass is 32.2. The minimum absolute atomic E-state index is 0.0584. The van der Waals surface area contributed by atoms with Crippen LogP contribution in [0.3, 0.4) is 0 Å². The van der Waals surface area contributed by atoms with E-state index in [1.807, 2.05) is 31.2 Å². The molecule has 1 atom stereocenters. The van der Waals surface area contributed by atoms with Gasteiger partial charge in [0.25, 0.3) is 0 Å². The molecule has 27 heavy (non-hydrogen) atoms. The van der Waals surface area contributed by atoms with Gasteiger partial charge in [0.1, 0.15) is 12.4 Å². The molecule has 0 N–H and O–H groups in total. The normalized spacial score (nSPS) is 18.2. The van der Waals surface area contributed by atoms with Crippen molar-refractivity contribution in [1.29, 1.82) is 0 Å². The molecule has 1 amide bonds. The van der Waals surface area contributed by atoms with E-state index in [9.17, 15) is 17.6 Å². The van der Waals surface area contributed by atoms with Gasteiger partial charge < -0.3 is 4.74 Å². The first-order valence-electron chi connectivity index (χ1n) is 8.76. The van der Waals surface area contributed by atoms with Crippen molar-refractivity contribution in [2.24, 2.45) is 0 Å². The monoisotopic (exact) mass is 391 g/mol. The lowest BCUT2D eigenvalue weighted by Gasteiger charge is -2.27. The maximum absolute atomic E-state index is 13.1. The van der Waals surface area contributed by atoms with Gasteiger partial charge in [-0.1, -0.05) is 42.0 Å². The number of benzene rings is 2. The van der Waals surface area contributed by atoms with Gasteiger partial charge in [0.05, 0.1) is 17.5 Å². The molecule has 1 fully saturated rings. The molecule has 0 aromatic heterocycles. The van der Waals surface area contributed by atoms with Crippen molar-refractivity contribution in [3.05, 3.63) is 71.0 Å². The number of sulfone groups is 1. The van der Waals surface area contributed by atoms with Crippen LogP contribution in [0.5, 0.6) is 0 Å². The highest BCUT2D eigenvalue weighted by Crippen LogP contribution is 2.21. The number of aryl methyl sites for hydroxylation is 1. The van der Waals surface area contributed by atoms with E-state index in [0.29, 0.717) is 12.0 Å². The summed E-state index contributed by atoms with van der Waals surface area (Å²) in [7, 11) is -3.15. The Morgan fingerprint density at radius 3 is 2.33 bits per heavy atom. The molecule has 144 valence electrons. The van der Waals surface area contributed by atoms with Gasteiger partial charge in [-0.25, -0.2) is 17.6 Å². The number of ether oxygens (including phenoxy) is 1. The van der Waals surface area contributed by atoms with Crippen molar-refractivity contribution in [3.8, 4) is 0 Å². The fourth-order valence-corrected chi connectivity index (χ4v) is 4.79. The lowest BCUT2D eigenvalue weighted by molar-refractivity contribution is 0.0810. The number of amides is 1. The molecule has 1 aliphatic heterocycles. The molecule has 0 radical (unpaired) electrons. The van der Waals surface area contributed by atoms with Crippen LogP contribution in [0.25, 0.3) is 0 Å². The van der Waals surface area contributed by atoms with E-state index in [1.165, 1.54) is 17.0 Å². The van der Waals surface area contributed by atoms with Gasteiger partial charge in [0.2, 0.25) is 0 Å². The molecule has 3 rings (SSSR count). The van der Waals surface area contributed by atoms with Crippen LogP contribution >= 0.6 is 0 Å². The molecule has 2 aromatic rings. The Bertz CT molecular complexity index is 895. The van der Waals surface area contributed by atoms with Crippen molar-refractivity contribution in [2.45, 2.75) is 32.5 Å². The van der Waals surface area contributed by atoms with Crippen molar-refractivity contribution in [1.82, 2.24) is 4.90 Å². The number of carbonyl (C=O) groups excluding carboxylic acids is 1. The van der Waals surface area contributed by atoms with Crippen LogP contribution in [0, 0.1) is 12.7 Å². The van der Waals surface area contributed by atoms with Crippen molar-refractivity contribution in [2.75, 3.05) is 11.5 Å². The molecule has 7 heteroatoms. The molecule has 1 saturated heterocycles. The smallest absolute Gasteiger partial charge is 0.410 e. The molecule has 0 bridgehead atoms. The molecule has 1 unspecified atom stereocenters. The van der Waals surface area contributed by atoms with Gasteiger partial charge >= 0.3 is 6.09 Å². The summed E-state index contributed by atoms with van der Waals surface area (Å²) in [6, 6.07) is 13.0. The summed E-state index contributed by atoms with van der Waals surface area (Å²) >= 11 is 0. The van der Waals surface area contributed by atoms with Crippen LogP contribution in [-0.4, -0.2) is 37.0 Å². The van der Waals surface area contributed by atoms with Gasteiger partial charge in [-0.2, -0.15) is 0 Å². The fraction of sp³-hybridized carbons (Fsp3) is 0.350. The molecule has 1 aliphatic rings. The molecule has 0 aliphatic carbocycles. The van der Waals surface area contributed by atoms with E-state index in [1.54, 1.807) is 12.1 Å². The van der Waals surface area contributed by atoms with Gasteiger partial charge in [0, 0.05) is 6.54 Å². The Morgan fingerprint density at radius 1 is 1.11 bits per heavy atom. The molecular formula is C20H22FNO4S. The zero-order chi connectivity index (χ0) is 19.4. The number of nitrogens with zero attached hydrogens (tertiary/aromatic N) is 1. The van der Waals surface area contributed by atoms with Crippen molar-refractivity contribution in [3.63, 3.8) is 0 Å². The quantitative estimate of drug-likeness (QED) is 0.783. The topological polar surface area (TPSA) is 63.7 Å². The third kappa shape index (κ3) is 5.29. The van der Waals surface area contributed by atoms with E-state index in [4.69, 9.17) is 4.74 Å². The Balaban J connectivity index is 1.72. The fourth-order valence-electron chi connectivity index (χ4n) is 3.06. The van der Waals surface area contributed by atoms with E-state index in [-0.39, 0.29) is 30.5 Å². The average molecular weight is 391 g/mol. The van der Waals surface area contributed by atoms with Crippen LogP contribution in [0.15, 0.2) is 48.5 Å². The zero-order valence-corrected chi connectivity index (χ0v) is 15.9. The standard InChI is InChI=1S/C20H22FNO4S/c1-15-2-4-17(5-3-15)13-26-20(23)22(19-10-11-27(24,25)14-19)12-16-6-8-18(21)9-7-16/h2-9,19H,10-14H2,1H3. The Hall–Kier alpha value is -2.41. The first kappa shape index (κ1) is 19.4. The number of halogens is 1. The first-order chi connectivity index (χ1) is 12.8. The predicted molar refractivity (Wildman–Crippen MR) is 100 cm³/mol. The number of hydrogen-bond donors (Lipinski definition) is 0. The molecule has 2 aromatic carbocycles. The summed E-state index contributed by atoms with van der Waals surface area (Å²) in [6.07, 6.45) is -0.189. The van der Waals surface area contributed by atoms with Crippen LogP contribution in [-0.2, 0) is 27.7 Å². The zero-order valence-electron chi connectivity index (χ0n) is 15.1. The van der Waals surface area contributed by atoms with Crippen LogP contribution in [0.2, 0.25) is 0 Å². The SMILES string of the molecule is Cc1ccc(COC(=O)N(Cc2ccc(F)cc2)C2CCS(=O)(=O)C2)cc1. The summed E-state index contributed by atoms with van der Waals surface area (Å²) in [6.45, 7) is 2.26. The van der Waals surface area contributed by atoms with Gasteiger partial charge in [-0.15, -0.1) is 0 Å². The maximum atomic E-state index is 13.1. The Labute approximate surface area is 158 Å². The van der Waals surface area contributed by atoms with Gasteiger partial charge in [-0.3, -0.25) is 4.90 Å². The van der Waals surface area contributed by atoms with Crippen molar-refractivity contribution >= 4 is 15.9 Å². The van der Waals surface area contributed by atoms with Gasteiger partial charge in [-0.05, 0) is 36.6 Å². The lowest BCUT2D eigenvalue weighted by atomic mass is 10.1. The van der Waals surface area contributed by atoms with E-state index in [2.05, 4.69) is 0 Å². The van der Waals surface area contributed by atoms with Crippen LogP contribution < -0.4 is 0 Å². The molecule has 0 saturated carbocycles. The second-order valence-corrected chi connectivity index (χ2v) is 9.08. The van der Waals surface area contributed by atoms with Gasteiger partial charge in [0.15, 0.2) is 9.84 Å². The summed E-state index contributed by atoms with van der Waals surface area (Å²) < 4.78 is 42.3. The second-order valence-electron chi connectivity index (χ2n) is 6.85. The predicted octanol–water partition coefficient (Wildman–Crippen LogP) is 3.46. The highest BCUT2D eigenvalue weighted by Gasteiger charge is 2.35. The third-order valence-electron chi connectivity index (χ3n) is 4.63. The summed E-state index contributed by atoms with van der Waals surface area (Å²) in [5.74, 6) is -0.382. The van der Waals surface area contributed by atoms with Crippen LogP contribution in [0.1, 0.15) is 23.1 Å². The number of hydrogen-bond acceptors (Lipinski definition) is 4. The average Bonchev–Trinajstić information content (AvgIpc) is 3.00. The Morgan fingerprint density at radius 2 is 1.74 bits per heavy atom. The van der Waals surface area contributed by atoms with Crippen LogP contribution in [0.4, 0.5) is 9.18 Å². The van der Waals surface area contributed by atoms with E-state index in [0.717, 1.165) is 11.1 Å². The Kier molecular flexibility index (Phi) is 5.79. The summed E-state index contributed by atoms with van der Waals surface area (Å²) in [5.41, 5.74) is 2.68. The lowest BCUT2D eigenvalue weighted by Crippen LogP contribution is -2.40. The van der Waals surface area contributed by atoms with E-state index >= 15 is 0 Å². The number of rotatable bonds is 5. The molecular weight excluding hydrogens is 369 g/mol. The van der Waals surface area contributed by atoms with Crippen molar-refractivity contribution < 1.29 is 22.3 Å². The largest absolute Gasteiger partial charge is 0.445 e. The highest BCUT2D eigenvalue weighted by molar-refractivity contribution is 7.91. The summed E-state index contributed by atoms with van der Waals surface area (Å²) in [4.78, 5) is 14.1. The first-order valence-corrected chi connectivity index (χ1v) is 10.6. The maximum Gasteiger partial charge on any atom is 0.410 e. The molecule has 5 nitrogen and oxygen atoms in total.